The van der Waals surface area contributed by atoms with Crippen molar-refractivity contribution in [3.63, 3.8) is 0 Å². The van der Waals surface area contributed by atoms with Crippen LogP contribution in [0.2, 0.25) is 0 Å². The second kappa shape index (κ2) is 6.91. The van der Waals surface area contributed by atoms with Crippen LogP contribution in [0.4, 0.5) is 0 Å². The Balaban J connectivity index is 2.25. The maximum atomic E-state index is 12.0. The number of nitrogens with zero attached hydrogens (tertiary/aromatic N) is 1. The number of hydrogen-bond donors (Lipinski definition) is 1. The molecule has 0 bridgehead atoms. The molecule has 1 amide bonds. The Morgan fingerprint density at radius 1 is 1.45 bits per heavy atom. The van der Waals surface area contributed by atoms with Crippen LogP contribution in [-0.2, 0) is 19.7 Å². The maximum absolute atomic E-state index is 12.0. The molecule has 1 heterocycles. The molecular weight excluding hydrogens is 308 g/mol. The zero-order valence-electron chi connectivity index (χ0n) is 12.4. The van der Waals surface area contributed by atoms with Crippen LogP contribution >= 0.6 is 0 Å². The van der Waals surface area contributed by atoms with Gasteiger partial charge in [-0.15, -0.1) is 0 Å². The summed E-state index contributed by atoms with van der Waals surface area (Å²) in [5.74, 6) is -0.0351. The number of ether oxygens (including phenoxy) is 1. The average molecular weight is 326 g/mol. The Morgan fingerprint density at radius 2 is 2.23 bits per heavy atom. The molecule has 1 fully saturated rings. The van der Waals surface area contributed by atoms with Gasteiger partial charge >= 0.3 is 0 Å². The van der Waals surface area contributed by atoms with Gasteiger partial charge < -0.3 is 4.74 Å². The van der Waals surface area contributed by atoms with Crippen molar-refractivity contribution in [3.8, 4) is 5.75 Å². The summed E-state index contributed by atoms with van der Waals surface area (Å²) in [5, 5.41) is 1.28. The van der Waals surface area contributed by atoms with Gasteiger partial charge in [-0.2, -0.15) is 0 Å². The molecule has 0 aromatic heterocycles. The Hall–Kier alpha value is -1.90. The number of amides is 1. The fraction of sp³-hybridized carbons (Fsp3) is 0.357. The van der Waals surface area contributed by atoms with Gasteiger partial charge in [-0.05, 0) is 37.2 Å². The molecule has 22 heavy (non-hydrogen) atoms. The molecule has 0 saturated carbocycles. The average Bonchev–Trinajstić information content (AvgIpc) is 3.06. The van der Waals surface area contributed by atoms with E-state index in [9.17, 15) is 13.2 Å². The Kier molecular flexibility index (Phi) is 5.17. The van der Waals surface area contributed by atoms with Crippen LogP contribution in [0.3, 0.4) is 0 Å². The third-order valence-electron chi connectivity index (χ3n) is 3.16. The van der Waals surface area contributed by atoms with Crippen molar-refractivity contribution in [3.05, 3.63) is 29.8 Å². The normalized spacial score (nSPS) is 15.5. The van der Waals surface area contributed by atoms with Crippen molar-refractivity contribution < 1.29 is 22.8 Å². The molecule has 1 aliphatic heterocycles. The number of carbonyl (C=O) groups excluding carboxylic acids is 1. The van der Waals surface area contributed by atoms with Gasteiger partial charge in [0, 0.05) is 6.08 Å². The molecule has 1 N–H and O–H groups in total. The molecule has 1 aromatic carbocycles. The molecule has 120 valence electrons. The summed E-state index contributed by atoms with van der Waals surface area (Å²) < 4.78 is 31.2. The predicted molar refractivity (Wildman–Crippen MR) is 80.6 cm³/mol. The van der Waals surface area contributed by atoms with Crippen LogP contribution in [-0.4, -0.2) is 46.7 Å². The predicted octanol–water partition coefficient (Wildman–Crippen LogP) is 0.780. The highest BCUT2D eigenvalue weighted by atomic mass is 32.2. The summed E-state index contributed by atoms with van der Waals surface area (Å²) in [7, 11) is -0.925. The largest absolute Gasteiger partial charge is 0.495 e. The molecule has 7 nitrogen and oxygen atoms in total. The van der Waals surface area contributed by atoms with E-state index < -0.39 is 10.0 Å². The van der Waals surface area contributed by atoms with Crippen LogP contribution in [0.1, 0.15) is 12.0 Å². The summed E-state index contributed by atoms with van der Waals surface area (Å²) in [6.07, 6.45) is 3.70. The lowest BCUT2D eigenvalue weighted by molar-refractivity contribution is -0.162. The maximum Gasteiger partial charge on any atom is 0.270 e. The van der Waals surface area contributed by atoms with Gasteiger partial charge in [-0.25, -0.2) is 18.2 Å². The second-order valence-corrected chi connectivity index (χ2v) is 6.43. The van der Waals surface area contributed by atoms with Crippen molar-refractivity contribution in [1.82, 2.24) is 9.79 Å². The van der Waals surface area contributed by atoms with E-state index in [4.69, 9.17) is 9.57 Å². The SMILES string of the molecule is CNS(=O)(=O)c1cc(C=CC(=O)N2CCCO2)ccc1OC. The standard InChI is InChI=1S/C14H18N2O5S/c1-15-22(18,19)13-10-11(4-6-12(13)20-2)5-7-14(17)16-8-3-9-21-16/h4-7,10,15H,3,8-9H2,1-2H3. The number of carbonyl (C=O) groups is 1. The van der Waals surface area contributed by atoms with Gasteiger partial charge in [-0.1, -0.05) is 6.07 Å². The Morgan fingerprint density at radius 3 is 2.82 bits per heavy atom. The van der Waals surface area contributed by atoms with E-state index in [0.29, 0.717) is 18.7 Å². The van der Waals surface area contributed by atoms with E-state index in [0.717, 1.165) is 6.42 Å². The summed E-state index contributed by atoms with van der Waals surface area (Å²) in [6, 6.07) is 4.65. The first-order valence-electron chi connectivity index (χ1n) is 6.72. The lowest BCUT2D eigenvalue weighted by atomic mass is 10.2. The van der Waals surface area contributed by atoms with Crippen LogP contribution < -0.4 is 9.46 Å². The minimum Gasteiger partial charge on any atom is -0.495 e. The van der Waals surface area contributed by atoms with Crippen molar-refractivity contribution in [2.45, 2.75) is 11.3 Å². The van der Waals surface area contributed by atoms with E-state index >= 15 is 0 Å². The van der Waals surface area contributed by atoms with Crippen molar-refractivity contribution in [2.24, 2.45) is 0 Å². The number of benzene rings is 1. The summed E-state index contributed by atoms with van der Waals surface area (Å²) in [6.45, 7) is 1.10. The molecular formula is C14H18N2O5S. The third kappa shape index (κ3) is 3.65. The van der Waals surface area contributed by atoms with Gasteiger partial charge in [-0.3, -0.25) is 9.63 Å². The topological polar surface area (TPSA) is 84.9 Å². The van der Waals surface area contributed by atoms with Crippen LogP contribution in [0, 0.1) is 0 Å². The molecule has 2 rings (SSSR count). The van der Waals surface area contributed by atoms with Gasteiger partial charge in [0.2, 0.25) is 10.0 Å². The minimum absolute atomic E-state index is 0.0181. The van der Waals surface area contributed by atoms with Crippen molar-refractivity contribution in [2.75, 3.05) is 27.3 Å². The summed E-state index contributed by atoms with van der Waals surface area (Å²) in [5.41, 5.74) is 0.571. The smallest absolute Gasteiger partial charge is 0.270 e. The molecule has 1 aliphatic rings. The zero-order valence-corrected chi connectivity index (χ0v) is 13.2. The fourth-order valence-electron chi connectivity index (χ4n) is 1.99. The third-order valence-corrected chi connectivity index (χ3v) is 4.60. The van der Waals surface area contributed by atoms with Crippen LogP contribution in [0.25, 0.3) is 6.08 Å². The van der Waals surface area contributed by atoms with Crippen LogP contribution in [0.15, 0.2) is 29.2 Å². The fourth-order valence-corrected chi connectivity index (χ4v) is 2.92. The first-order chi connectivity index (χ1) is 10.5. The van der Waals surface area contributed by atoms with E-state index in [1.54, 1.807) is 12.1 Å². The van der Waals surface area contributed by atoms with Gasteiger partial charge in [0.15, 0.2) is 0 Å². The van der Waals surface area contributed by atoms with E-state index in [1.807, 2.05) is 0 Å². The molecule has 0 spiro atoms. The summed E-state index contributed by atoms with van der Waals surface area (Å²) in [4.78, 5) is 17.0. The first kappa shape index (κ1) is 16.5. The highest BCUT2D eigenvalue weighted by Crippen LogP contribution is 2.25. The van der Waals surface area contributed by atoms with Gasteiger partial charge in [0.05, 0.1) is 20.3 Å². The number of nitrogens with one attached hydrogen (secondary N) is 1. The van der Waals surface area contributed by atoms with Gasteiger partial charge in [0.25, 0.3) is 5.91 Å². The minimum atomic E-state index is -3.65. The highest BCUT2D eigenvalue weighted by Gasteiger charge is 2.19. The number of hydroxylamine groups is 2. The highest BCUT2D eigenvalue weighted by molar-refractivity contribution is 7.89. The Bertz CT molecular complexity index is 678. The van der Waals surface area contributed by atoms with E-state index in [1.165, 1.54) is 37.4 Å². The molecule has 0 aliphatic carbocycles. The van der Waals surface area contributed by atoms with E-state index in [-0.39, 0.29) is 16.6 Å². The number of methoxy groups -OCH3 is 1. The van der Waals surface area contributed by atoms with Crippen molar-refractivity contribution in [1.29, 1.82) is 0 Å². The molecule has 0 radical (unpaired) electrons. The monoisotopic (exact) mass is 326 g/mol. The zero-order chi connectivity index (χ0) is 16.2. The quantitative estimate of drug-likeness (QED) is 0.808. The number of sulfonamides is 1. The molecule has 0 unspecified atom stereocenters. The first-order valence-corrected chi connectivity index (χ1v) is 8.20. The molecule has 1 saturated heterocycles. The lowest BCUT2D eigenvalue weighted by Gasteiger charge is -2.11. The second-order valence-electron chi connectivity index (χ2n) is 4.58. The van der Waals surface area contributed by atoms with Gasteiger partial charge in [0.1, 0.15) is 10.6 Å². The Labute approximate surface area is 129 Å². The van der Waals surface area contributed by atoms with Crippen LogP contribution in [0.5, 0.6) is 5.75 Å². The lowest BCUT2D eigenvalue weighted by Crippen LogP contribution is -2.24. The van der Waals surface area contributed by atoms with E-state index in [2.05, 4.69) is 4.72 Å². The van der Waals surface area contributed by atoms with Crippen molar-refractivity contribution >= 4 is 22.0 Å². The molecule has 8 heteroatoms. The molecule has 1 aromatic rings. The molecule has 0 atom stereocenters. The number of rotatable bonds is 5. The number of hydrogen-bond acceptors (Lipinski definition) is 5. The summed E-state index contributed by atoms with van der Waals surface area (Å²) >= 11 is 0.